The highest BCUT2D eigenvalue weighted by atomic mass is 16.5. The van der Waals surface area contributed by atoms with Crippen molar-refractivity contribution < 1.29 is 9.26 Å². The molecule has 0 saturated carbocycles. The number of hydrogen-bond acceptors (Lipinski definition) is 6. The van der Waals surface area contributed by atoms with Crippen LogP contribution in [0.25, 0.3) is 0 Å². The highest BCUT2D eigenvalue weighted by Crippen LogP contribution is 2.30. The van der Waals surface area contributed by atoms with Crippen molar-refractivity contribution in [2.24, 2.45) is 0 Å². The SMILES string of the molecule is c1ccc2c(c1)CC(c1nc(N3CCOCC3)no1)CN2. The molecule has 4 rings (SSSR count). The third-order valence-corrected chi connectivity index (χ3v) is 4.10. The molecule has 1 unspecified atom stereocenters. The number of aromatic nitrogens is 2. The monoisotopic (exact) mass is 286 g/mol. The van der Waals surface area contributed by atoms with Gasteiger partial charge in [0.2, 0.25) is 5.89 Å². The number of rotatable bonds is 2. The van der Waals surface area contributed by atoms with Crippen molar-refractivity contribution >= 4 is 11.6 Å². The van der Waals surface area contributed by atoms with Crippen LogP contribution in [-0.2, 0) is 11.2 Å². The lowest BCUT2D eigenvalue weighted by Gasteiger charge is -2.25. The Bertz CT molecular complexity index is 622. The molecule has 1 saturated heterocycles. The number of para-hydroxylation sites is 1. The van der Waals surface area contributed by atoms with E-state index in [4.69, 9.17) is 9.26 Å². The van der Waals surface area contributed by atoms with Crippen LogP contribution in [0.2, 0.25) is 0 Å². The number of hydrogen-bond donors (Lipinski definition) is 1. The molecule has 2 aliphatic rings. The number of fused-ring (bicyclic) bond motifs is 1. The highest BCUT2D eigenvalue weighted by Gasteiger charge is 2.26. The number of nitrogens with one attached hydrogen (secondary N) is 1. The topological polar surface area (TPSA) is 63.4 Å². The highest BCUT2D eigenvalue weighted by molar-refractivity contribution is 5.54. The van der Waals surface area contributed by atoms with Gasteiger partial charge >= 0.3 is 0 Å². The zero-order chi connectivity index (χ0) is 14.1. The van der Waals surface area contributed by atoms with Crippen LogP contribution in [-0.4, -0.2) is 43.0 Å². The van der Waals surface area contributed by atoms with E-state index in [0.29, 0.717) is 5.95 Å². The fourth-order valence-electron chi connectivity index (χ4n) is 2.90. The van der Waals surface area contributed by atoms with Gasteiger partial charge < -0.3 is 19.5 Å². The summed E-state index contributed by atoms with van der Waals surface area (Å²) >= 11 is 0. The number of ether oxygens (including phenoxy) is 1. The van der Waals surface area contributed by atoms with Gasteiger partial charge in [-0.2, -0.15) is 4.98 Å². The summed E-state index contributed by atoms with van der Waals surface area (Å²) in [4.78, 5) is 6.69. The van der Waals surface area contributed by atoms with E-state index in [2.05, 4.69) is 44.6 Å². The molecule has 2 aliphatic heterocycles. The standard InChI is InChI=1S/C15H18N4O2/c1-2-4-13-11(3-1)9-12(10-16-13)14-17-15(18-21-14)19-5-7-20-8-6-19/h1-4,12,16H,5-10H2. The quantitative estimate of drug-likeness (QED) is 0.906. The summed E-state index contributed by atoms with van der Waals surface area (Å²) in [6, 6.07) is 8.37. The van der Waals surface area contributed by atoms with E-state index in [1.54, 1.807) is 0 Å². The molecule has 0 bridgehead atoms. The lowest BCUT2D eigenvalue weighted by Crippen LogP contribution is -2.36. The van der Waals surface area contributed by atoms with Crippen LogP contribution in [0.5, 0.6) is 0 Å². The first-order valence-corrected chi connectivity index (χ1v) is 7.38. The normalized spacial score (nSPS) is 21.7. The molecule has 1 aromatic heterocycles. The Hall–Kier alpha value is -2.08. The van der Waals surface area contributed by atoms with E-state index in [0.717, 1.165) is 45.2 Å². The van der Waals surface area contributed by atoms with Gasteiger partial charge in [-0.05, 0) is 23.2 Å². The van der Waals surface area contributed by atoms with E-state index in [1.165, 1.54) is 11.3 Å². The predicted molar refractivity (Wildman–Crippen MR) is 78.7 cm³/mol. The third-order valence-electron chi connectivity index (χ3n) is 4.10. The first kappa shape index (κ1) is 12.6. The Kier molecular flexibility index (Phi) is 3.23. The van der Waals surface area contributed by atoms with Gasteiger partial charge in [-0.3, -0.25) is 0 Å². The summed E-state index contributed by atoms with van der Waals surface area (Å²) in [6.45, 7) is 3.93. The Balaban J connectivity index is 1.51. The van der Waals surface area contributed by atoms with Gasteiger partial charge in [-0.25, -0.2) is 0 Å². The zero-order valence-corrected chi connectivity index (χ0v) is 11.8. The Morgan fingerprint density at radius 3 is 2.95 bits per heavy atom. The van der Waals surface area contributed by atoms with E-state index in [-0.39, 0.29) is 5.92 Å². The Labute approximate surface area is 123 Å². The maximum absolute atomic E-state index is 5.49. The molecule has 1 N–H and O–H groups in total. The number of nitrogens with zero attached hydrogens (tertiary/aromatic N) is 3. The van der Waals surface area contributed by atoms with Crippen LogP contribution in [0.4, 0.5) is 11.6 Å². The maximum Gasteiger partial charge on any atom is 0.266 e. The fourth-order valence-corrected chi connectivity index (χ4v) is 2.90. The van der Waals surface area contributed by atoms with Crippen LogP contribution >= 0.6 is 0 Å². The van der Waals surface area contributed by atoms with Gasteiger partial charge in [0.1, 0.15) is 0 Å². The molecule has 2 aromatic rings. The van der Waals surface area contributed by atoms with Crippen molar-refractivity contribution in [3.05, 3.63) is 35.7 Å². The molecule has 0 amide bonds. The lowest BCUT2D eigenvalue weighted by molar-refractivity contribution is 0.121. The summed E-state index contributed by atoms with van der Waals surface area (Å²) in [7, 11) is 0. The van der Waals surface area contributed by atoms with E-state index < -0.39 is 0 Å². The Morgan fingerprint density at radius 2 is 2.05 bits per heavy atom. The molecule has 110 valence electrons. The lowest BCUT2D eigenvalue weighted by atomic mass is 9.94. The summed E-state index contributed by atoms with van der Waals surface area (Å²) in [5, 5.41) is 7.57. The van der Waals surface area contributed by atoms with Gasteiger partial charge in [0, 0.05) is 25.3 Å². The maximum atomic E-state index is 5.49. The molecule has 3 heterocycles. The second-order valence-corrected chi connectivity index (χ2v) is 5.47. The minimum Gasteiger partial charge on any atom is -0.384 e. The van der Waals surface area contributed by atoms with Crippen LogP contribution in [0.1, 0.15) is 17.4 Å². The van der Waals surface area contributed by atoms with E-state index in [9.17, 15) is 0 Å². The van der Waals surface area contributed by atoms with Crippen LogP contribution in [0.15, 0.2) is 28.8 Å². The molecule has 6 nitrogen and oxygen atoms in total. The Morgan fingerprint density at radius 1 is 1.19 bits per heavy atom. The van der Waals surface area contributed by atoms with Gasteiger partial charge in [0.25, 0.3) is 5.95 Å². The van der Waals surface area contributed by atoms with Crippen molar-refractivity contribution in [1.82, 2.24) is 10.1 Å². The molecular weight excluding hydrogens is 268 g/mol. The molecule has 6 heteroatoms. The predicted octanol–water partition coefficient (Wildman–Crippen LogP) is 1.66. The number of morpholine rings is 1. The first-order valence-electron chi connectivity index (χ1n) is 7.38. The molecule has 0 radical (unpaired) electrons. The first-order chi connectivity index (χ1) is 10.4. The minimum absolute atomic E-state index is 0.238. The van der Waals surface area contributed by atoms with Crippen molar-refractivity contribution in [1.29, 1.82) is 0 Å². The third kappa shape index (κ3) is 2.47. The second-order valence-electron chi connectivity index (χ2n) is 5.47. The molecule has 1 aromatic carbocycles. The zero-order valence-electron chi connectivity index (χ0n) is 11.8. The molecular formula is C15H18N4O2. The van der Waals surface area contributed by atoms with Gasteiger partial charge in [0.15, 0.2) is 0 Å². The number of anilines is 2. The smallest absolute Gasteiger partial charge is 0.266 e. The number of benzene rings is 1. The molecule has 1 atom stereocenters. The van der Waals surface area contributed by atoms with Crippen LogP contribution in [0.3, 0.4) is 0 Å². The average Bonchev–Trinajstić information content (AvgIpc) is 3.05. The van der Waals surface area contributed by atoms with Crippen molar-refractivity contribution in [3.63, 3.8) is 0 Å². The summed E-state index contributed by atoms with van der Waals surface area (Å²) in [6.07, 6.45) is 0.938. The van der Waals surface area contributed by atoms with E-state index in [1.807, 2.05) is 0 Å². The molecule has 0 aliphatic carbocycles. The van der Waals surface area contributed by atoms with Gasteiger partial charge in [-0.1, -0.05) is 18.2 Å². The van der Waals surface area contributed by atoms with Gasteiger partial charge in [-0.15, -0.1) is 0 Å². The van der Waals surface area contributed by atoms with E-state index >= 15 is 0 Å². The summed E-state index contributed by atoms with van der Waals surface area (Å²) < 4.78 is 10.8. The molecule has 0 spiro atoms. The minimum atomic E-state index is 0.238. The van der Waals surface area contributed by atoms with Crippen molar-refractivity contribution in [3.8, 4) is 0 Å². The van der Waals surface area contributed by atoms with Crippen LogP contribution in [0, 0.1) is 0 Å². The van der Waals surface area contributed by atoms with Crippen LogP contribution < -0.4 is 10.2 Å². The van der Waals surface area contributed by atoms with Gasteiger partial charge in [0.05, 0.1) is 19.1 Å². The van der Waals surface area contributed by atoms with Crippen molar-refractivity contribution in [2.45, 2.75) is 12.3 Å². The van der Waals surface area contributed by atoms with Crippen molar-refractivity contribution in [2.75, 3.05) is 43.1 Å². The second kappa shape index (κ2) is 5.37. The fraction of sp³-hybridized carbons (Fsp3) is 0.467. The average molecular weight is 286 g/mol. The molecule has 21 heavy (non-hydrogen) atoms. The summed E-state index contributed by atoms with van der Waals surface area (Å²) in [5.41, 5.74) is 2.52. The largest absolute Gasteiger partial charge is 0.384 e. The summed E-state index contributed by atoms with van der Waals surface area (Å²) in [5.74, 6) is 1.65. The molecule has 1 fully saturated rings.